The molecule has 1 saturated heterocycles. The van der Waals surface area contributed by atoms with Gasteiger partial charge in [-0.05, 0) is 32.6 Å². The zero-order chi connectivity index (χ0) is 12.1. The molecule has 1 aliphatic carbocycles. The van der Waals surface area contributed by atoms with Crippen LogP contribution in [0.3, 0.4) is 0 Å². The summed E-state index contributed by atoms with van der Waals surface area (Å²) < 4.78 is 0. The van der Waals surface area contributed by atoms with Gasteiger partial charge in [-0.3, -0.25) is 14.5 Å². The Morgan fingerprint density at radius 1 is 1.38 bits per heavy atom. The number of Topliss-reactive ketones (excluding diaryl/α,β-unsaturated/α-hetero) is 1. The van der Waals surface area contributed by atoms with E-state index in [0.29, 0.717) is 12.8 Å². The van der Waals surface area contributed by atoms with Crippen LogP contribution in [-0.2, 0) is 9.59 Å². The molecule has 0 amide bonds. The lowest BCUT2D eigenvalue weighted by atomic mass is 9.93. The predicted molar refractivity (Wildman–Crippen MR) is 59.1 cm³/mol. The van der Waals surface area contributed by atoms with Crippen molar-refractivity contribution in [3.05, 3.63) is 0 Å². The molecule has 1 aliphatic heterocycles. The summed E-state index contributed by atoms with van der Waals surface area (Å²) in [7, 11) is 0. The van der Waals surface area contributed by atoms with Crippen molar-refractivity contribution < 1.29 is 14.7 Å². The van der Waals surface area contributed by atoms with Gasteiger partial charge in [0, 0.05) is 24.9 Å². The average Bonchev–Trinajstić information content (AvgIpc) is 2.56. The van der Waals surface area contributed by atoms with E-state index in [1.54, 1.807) is 0 Å². The molecule has 2 fully saturated rings. The van der Waals surface area contributed by atoms with Crippen LogP contribution in [0.4, 0.5) is 0 Å². The van der Waals surface area contributed by atoms with Gasteiger partial charge in [-0.1, -0.05) is 0 Å². The average molecular weight is 225 g/mol. The first-order valence-corrected chi connectivity index (χ1v) is 5.82. The second-order valence-corrected chi connectivity index (χ2v) is 5.98. The molecule has 1 saturated carbocycles. The molecule has 90 valence electrons. The highest BCUT2D eigenvalue weighted by atomic mass is 16.4. The van der Waals surface area contributed by atoms with E-state index in [2.05, 4.69) is 0 Å². The maximum absolute atomic E-state index is 11.4. The Morgan fingerprint density at radius 3 is 2.50 bits per heavy atom. The zero-order valence-corrected chi connectivity index (χ0v) is 10.1. The number of ketones is 1. The molecule has 0 aromatic carbocycles. The van der Waals surface area contributed by atoms with Gasteiger partial charge in [0.15, 0.2) is 0 Å². The fraction of sp³-hybridized carbons (Fsp3) is 0.833. The standard InChI is InChI=1S/C12H19NO3/c1-12(2,3)13-6-7-4-8(14)5-9(7)10(13)11(15)16/h7,9-10H,4-6H2,1-3H3,(H,15,16). The van der Waals surface area contributed by atoms with Crippen LogP contribution in [0.25, 0.3) is 0 Å². The summed E-state index contributed by atoms with van der Waals surface area (Å²) in [4.78, 5) is 24.8. The Bertz CT molecular complexity index is 332. The maximum Gasteiger partial charge on any atom is 0.321 e. The highest BCUT2D eigenvalue weighted by Gasteiger charge is 2.52. The lowest BCUT2D eigenvalue weighted by molar-refractivity contribution is -0.145. The molecular weight excluding hydrogens is 206 g/mol. The summed E-state index contributed by atoms with van der Waals surface area (Å²) >= 11 is 0. The van der Waals surface area contributed by atoms with Crippen LogP contribution in [0.15, 0.2) is 0 Å². The number of carbonyl (C=O) groups excluding carboxylic acids is 1. The fourth-order valence-corrected chi connectivity index (χ4v) is 3.13. The second kappa shape index (κ2) is 3.55. The van der Waals surface area contributed by atoms with E-state index in [-0.39, 0.29) is 23.2 Å². The highest BCUT2D eigenvalue weighted by molar-refractivity contribution is 5.84. The molecule has 1 N–H and O–H groups in total. The van der Waals surface area contributed by atoms with E-state index in [1.165, 1.54) is 0 Å². The molecule has 0 spiro atoms. The Balaban J connectivity index is 2.26. The first-order valence-electron chi connectivity index (χ1n) is 5.82. The van der Waals surface area contributed by atoms with Gasteiger partial charge in [0.2, 0.25) is 0 Å². The monoisotopic (exact) mass is 225 g/mol. The van der Waals surface area contributed by atoms with Crippen molar-refractivity contribution in [3.8, 4) is 0 Å². The summed E-state index contributed by atoms with van der Waals surface area (Å²) in [6.07, 6.45) is 1.02. The Hall–Kier alpha value is -0.900. The first-order chi connectivity index (χ1) is 7.30. The second-order valence-electron chi connectivity index (χ2n) is 5.98. The Labute approximate surface area is 95.6 Å². The lowest BCUT2D eigenvalue weighted by Crippen LogP contribution is -2.49. The van der Waals surface area contributed by atoms with Gasteiger partial charge in [-0.2, -0.15) is 0 Å². The summed E-state index contributed by atoms with van der Waals surface area (Å²) in [6.45, 7) is 6.85. The summed E-state index contributed by atoms with van der Waals surface area (Å²) in [6, 6.07) is -0.476. The normalized spacial score (nSPS) is 35.4. The van der Waals surface area contributed by atoms with Gasteiger partial charge in [0.25, 0.3) is 0 Å². The van der Waals surface area contributed by atoms with Crippen molar-refractivity contribution in [2.24, 2.45) is 11.8 Å². The van der Waals surface area contributed by atoms with Gasteiger partial charge < -0.3 is 5.11 Å². The van der Waals surface area contributed by atoms with Gasteiger partial charge in [0.05, 0.1) is 0 Å². The van der Waals surface area contributed by atoms with E-state index in [4.69, 9.17) is 0 Å². The van der Waals surface area contributed by atoms with Crippen molar-refractivity contribution in [2.45, 2.75) is 45.2 Å². The van der Waals surface area contributed by atoms with E-state index in [1.807, 2.05) is 25.7 Å². The number of aliphatic carboxylic acids is 1. The molecule has 0 aromatic heterocycles. The number of carbonyl (C=O) groups is 2. The summed E-state index contributed by atoms with van der Waals surface area (Å²) in [5.74, 6) is -0.260. The first kappa shape index (κ1) is 11.6. The van der Waals surface area contributed by atoms with Gasteiger partial charge in [-0.25, -0.2) is 0 Å². The van der Waals surface area contributed by atoms with E-state index in [0.717, 1.165) is 6.54 Å². The van der Waals surface area contributed by atoms with Gasteiger partial charge in [-0.15, -0.1) is 0 Å². The van der Waals surface area contributed by atoms with Crippen molar-refractivity contribution in [1.82, 2.24) is 4.90 Å². The van der Waals surface area contributed by atoms with Crippen LogP contribution in [0, 0.1) is 11.8 Å². The van der Waals surface area contributed by atoms with E-state index >= 15 is 0 Å². The molecule has 3 atom stereocenters. The van der Waals surface area contributed by atoms with Crippen molar-refractivity contribution in [1.29, 1.82) is 0 Å². The third-order valence-corrected chi connectivity index (χ3v) is 3.85. The third-order valence-electron chi connectivity index (χ3n) is 3.85. The van der Waals surface area contributed by atoms with Crippen LogP contribution in [0.2, 0.25) is 0 Å². The largest absolute Gasteiger partial charge is 0.480 e. The minimum Gasteiger partial charge on any atom is -0.480 e. The van der Waals surface area contributed by atoms with Gasteiger partial charge in [0.1, 0.15) is 11.8 Å². The quantitative estimate of drug-likeness (QED) is 0.727. The number of hydrogen-bond acceptors (Lipinski definition) is 3. The molecule has 16 heavy (non-hydrogen) atoms. The number of rotatable bonds is 1. The van der Waals surface area contributed by atoms with Crippen molar-refractivity contribution in [2.75, 3.05) is 6.54 Å². The number of carboxylic acid groups (broad SMARTS) is 1. The molecule has 0 radical (unpaired) electrons. The molecule has 0 aromatic rings. The molecule has 2 aliphatic rings. The molecule has 3 unspecified atom stereocenters. The fourth-order valence-electron chi connectivity index (χ4n) is 3.13. The molecular formula is C12H19NO3. The summed E-state index contributed by atoms with van der Waals surface area (Å²) in [5.41, 5.74) is -0.142. The smallest absolute Gasteiger partial charge is 0.321 e. The van der Waals surface area contributed by atoms with Crippen LogP contribution < -0.4 is 0 Å². The SMILES string of the molecule is CC(C)(C)N1CC2CC(=O)CC2C1C(=O)O. The molecule has 4 heteroatoms. The maximum atomic E-state index is 11.4. The van der Waals surface area contributed by atoms with Crippen LogP contribution >= 0.6 is 0 Å². The number of nitrogens with zero attached hydrogens (tertiary/aromatic N) is 1. The highest BCUT2D eigenvalue weighted by Crippen LogP contribution is 2.43. The predicted octanol–water partition coefficient (Wildman–Crippen LogP) is 1.15. The number of hydrogen-bond donors (Lipinski definition) is 1. The van der Waals surface area contributed by atoms with E-state index in [9.17, 15) is 14.7 Å². The number of carboxylic acids is 1. The van der Waals surface area contributed by atoms with Crippen molar-refractivity contribution in [3.63, 3.8) is 0 Å². The van der Waals surface area contributed by atoms with Crippen LogP contribution in [0.1, 0.15) is 33.6 Å². The summed E-state index contributed by atoms with van der Waals surface area (Å²) in [5, 5.41) is 9.33. The Kier molecular flexibility index (Phi) is 2.57. The van der Waals surface area contributed by atoms with Gasteiger partial charge >= 0.3 is 5.97 Å². The van der Waals surface area contributed by atoms with Crippen LogP contribution in [-0.4, -0.2) is 39.9 Å². The molecule has 1 heterocycles. The Morgan fingerprint density at radius 2 is 2.00 bits per heavy atom. The number of fused-ring (bicyclic) bond motifs is 1. The zero-order valence-electron chi connectivity index (χ0n) is 10.1. The number of likely N-dealkylation sites (tertiary alicyclic amines) is 1. The minimum atomic E-state index is -0.780. The lowest BCUT2D eigenvalue weighted by Gasteiger charge is -2.36. The van der Waals surface area contributed by atoms with Crippen LogP contribution in [0.5, 0.6) is 0 Å². The third kappa shape index (κ3) is 1.75. The molecule has 0 bridgehead atoms. The topological polar surface area (TPSA) is 57.6 Å². The van der Waals surface area contributed by atoms with Crippen molar-refractivity contribution >= 4 is 11.8 Å². The van der Waals surface area contributed by atoms with E-state index < -0.39 is 12.0 Å². The molecule has 2 rings (SSSR count). The minimum absolute atomic E-state index is 0.0317. The molecule has 4 nitrogen and oxygen atoms in total.